The summed E-state index contributed by atoms with van der Waals surface area (Å²) >= 11 is 0. The summed E-state index contributed by atoms with van der Waals surface area (Å²) < 4.78 is 65.9. The lowest BCUT2D eigenvalue weighted by molar-refractivity contribution is -0.291. The van der Waals surface area contributed by atoms with E-state index >= 15 is 0 Å². The van der Waals surface area contributed by atoms with Gasteiger partial charge in [0.15, 0.2) is 0 Å². The number of halogens is 5. The quantitative estimate of drug-likeness (QED) is 0.653. The molecular weight excluding hydrogens is 255 g/mol. The largest absolute Gasteiger partial charge is 0.512 e. The Labute approximate surface area is 90.4 Å². The summed E-state index contributed by atoms with van der Waals surface area (Å²) in [5, 5.41) is 11.1. The topological polar surface area (TPSA) is 64.4 Å². The molecule has 0 aliphatic rings. The number of aryl methyl sites for hydroxylation is 1. The zero-order valence-electron chi connectivity index (χ0n) is 8.13. The van der Waals surface area contributed by atoms with E-state index in [1.807, 2.05) is 0 Å². The Balaban J connectivity index is 3.13. The van der Waals surface area contributed by atoms with Crippen molar-refractivity contribution in [2.45, 2.75) is 12.1 Å². The van der Waals surface area contributed by atoms with E-state index in [9.17, 15) is 26.7 Å². The molecule has 0 radical (unpaired) electrons. The van der Waals surface area contributed by atoms with E-state index in [0.717, 1.165) is 7.05 Å². The second kappa shape index (κ2) is 3.86. The van der Waals surface area contributed by atoms with Gasteiger partial charge >= 0.3 is 18.3 Å². The average Bonchev–Trinajstić information content (AvgIpc) is 2.45. The third-order valence-corrected chi connectivity index (χ3v) is 1.71. The second-order valence-electron chi connectivity index (χ2n) is 2.93. The summed E-state index contributed by atoms with van der Waals surface area (Å²) in [6.45, 7) is 0. The SMILES string of the molecule is Cn1nc(C(F)(F)C(F)(F)F)cc1OC(=O)O. The van der Waals surface area contributed by atoms with Gasteiger partial charge in [-0.25, -0.2) is 9.48 Å². The first-order valence-electron chi connectivity index (χ1n) is 3.95. The Bertz CT molecular complexity index is 439. The maximum Gasteiger partial charge on any atom is 0.512 e. The molecule has 17 heavy (non-hydrogen) atoms. The fourth-order valence-corrected chi connectivity index (χ4v) is 0.934. The highest BCUT2D eigenvalue weighted by Gasteiger charge is 2.60. The van der Waals surface area contributed by atoms with Crippen molar-refractivity contribution >= 4 is 6.16 Å². The highest BCUT2D eigenvalue weighted by atomic mass is 19.4. The molecule has 1 rings (SSSR count). The molecule has 96 valence electrons. The van der Waals surface area contributed by atoms with Crippen LogP contribution in [0.15, 0.2) is 6.07 Å². The zero-order chi connectivity index (χ0) is 13.4. The van der Waals surface area contributed by atoms with Crippen LogP contribution in [0.2, 0.25) is 0 Å². The Hall–Kier alpha value is -1.87. The van der Waals surface area contributed by atoms with Crippen molar-refractivity contribution in [1.29, 1.82) is 0 Å². The van der Waals surface area contributed by atoms with Gasteiger partial charge in [0.05, 0.1) is 0 Å². The van der Waals surface area contributed by atoms with Crippen molar-refractivity contribution in [3.63, 3.8) is 0 Å². The Morgan fingerprint density at radius 1 is 1.41 bits per heavy atom. The van der Waals surface area contributed by atoms with E-state index in [2.05, 4.69) is 9.84 Å². The van der Waals surface area contributed by atoms with Gasteiger partial charge in [-0.05, 0) is 0 Å². The van der Waals surface area contributed by atoms with Gasteiger partial charge in [0.1, 0.15) is 5.69 Å². The molecule has 1 aromatic heterocycles. The van der Waals surface area contributed by atoms with Crippen LogP contribution >= 0.6 is 0 Å². The average molecular weight is 260 g/mol. The monoisotopic (exact) mass is 260 g/mol. The minimum atomic E-state index is -5.82. The van der Waals surface area contributed by atoms with Gasteiger partial charge in [0.25, 0.3) is 0 Å². The maximum atomic E-state index is 12.8. The minimum absolute atomic E-state index is 0.210. The van der Waals surface area contributed by atoms with Crippen LogP contribution < -0.4 is 4.74 Å². The molecule has 0 saturated carbocycles. The van der Waals surface area contributed by atoms with Crippen LogP contribution in [0, 0.1) is 0 Å². The molecule has 10 heteroatoms. The van der Waals surface area contributed by atoms with E-state index in [1.165, 1.54) is 0 Å². The van der Waals surface area contributed by atoms with Crippen LogP contribution in [-0.2, 0) is 13.0 Å². The van der Waals surface area contributed by atoms with E-state index in [1.54, 1.807) is 0 Å². The summed E-state index contributed by atoms with van der Waals surface area (Å²) in [5.41, 5.74) is -1.64. The molecule has 0 aliphatic heterocycles. The minimum Gasteiger partial charge on any atom is -0.449 e. The molecule has 5 nitrogen and oxygen atoms in total. The Morgan fingerprint density at radius 3 is 2.35 bits per heavy atom. The van der Waals surface area contributed by atoms with E-state index < -0.39 is 29.8 Å². The van der Waals surface area contributed by atoms with Crippen LogP contribution in [0.4, 0.5) is 26.7 Å². The molecule has 0 unspecified atom stereocenters. The molecule has 1 N–H and O–H groups in total. The smallest absolute Gasteiger partial charge is 0.449 e. The van der Waals surface area contributed by atoms with Gasteiger partial charge in [0.2, 0.25) is 5.88 Å². The van der Waals surface area contributed by atoms with Crippen LogP contribution in [-0.4, -0.2) is 27.2 Å². The van der Waals surface area contributed by atoms with Crippen LogP contribution in [0.3, 0.4) is 0 Å². The summed E-state index contributed by atoms with van der Waals surface area (Å²) in [6, 6.07) is 0.210. The van der Waals surface area contributed by atoms with E-state index in [0.29, 0.717) is 4.68 Å². The standard InChI is InChI=1S/C7H5F5N2O3/c1-14-4(17-5(15)16)2-3(13-14)6(8,9)7(10,11)12/h2H,1H3,(H,15,16). The van der Waals surface area contributed by atoms with E-state index in [4.69, 9.17) is 5.11 Å². The summed E-state index contributed by atoms with van der Waals surface area (Å²) in [4.78, 5) is 10.1. The molecule has 0 spiro atoms. The highest BCUT2D eigenvalue weighted by molar-refractivity contribution is 5.60. The summed E-state index contributed by atoms with van der Waals surface area (Å²) in [7, 11) is 0.966. The Kier molecular flexibility index (Phi) is 2.99. The van der Waals surface area contributed by atoms with Crippen molar-refractivity contribution in [2.75, 3.05) is 0 Å². The van der Waals surface area contributed by atoms with Gasteiger partial charge in [-0.15, -0.1) is 0 Å². The molecule has 0 saturated heterocycles. The normalized spacial score (nSPS) is 12.6. The molecule has 0 atom stereocenters. The molecule has 0 fully saturated rings. The predicted octanol–water partition coefficient (Wildman–Crippen LogP) is 2.13. The van der Waals surface area contributed by atoms with Crippen molar-refractivity contribution in [1.82, 2.24) is 9.78 Å². The molecule has 1 aromatic rings. The number of ether oxygens (including phenoxy) is 1. The third kappa shape index (κ3) is 2.45. The molecule has 0 amide bonds. The number of carbonyl (C=O) groups is 1. The van der Waals surface area contributed by atoms with Crippen LogP contribution in [0.1, 0.15) is 5.69 Å². The number of aromatic nitrogens is 2. The van der Waals surface area contributed by atoms with Gasteiger partial charge in [-0.1, -0.05) is 0 Å². The number of hydrogen-bond acceptors (Lipinski definition) is 3. The van der Waals surface area contributed by atoms with Gasteiger partial charge in [-0.3, -0.25) is 0 Å². The fourth-order valence-electron chi connectivity index (χ4n) is 0.934. The number of rotatable bonds is 2. The lowest BCUT2D eigenvalue weighted by atomic mass is 10.2. The first-order valence-corrected chi connectivity index (χ1v) is 3.95. The van der Waals surface area contributed by atoms with Crippen LogP contribution in [0.5, 0.6) is 5.88 Å². The first kappa shape index (κ1) is 13.2. The van der Waals surface area contributed by atoms with Gasteiger partial charge < -0.3 is 9.84 Å². The second-order valence-corrected chi connectivity index (χ2v) is 2.93. The summed E-state index contributed by atoms with van der Waals surface area (Å²) in [5.74, 6) is -5.92. The molecule has 0 aromatic carbocycles. The molecule has 0 aliphatic carbocycles. The predicted molar refractivity (Wildman–Crippen MR) is 41.8 cm³/mol. The number of hydrogen-bond donors (Lipinski definition) is 1. The molecular formula is C7H5F5N2O3. The van der Waals surface area contributed by atoms with Crippen molar-refractivity contribution in [2.24, 2.45) is 7.05 Å². The third-order valence-electron chi connectivity index (χ3n) is 1.71. The number of nitrogens with zero attached hydrogens (tertiary/aromatic N) is 2. The van der Waals surface area contributed by atoms with Gasteiger partial charge in [0, 0.05) is 13.1 Å². The van der Waals surface area contributed by atoms with Crippen LogP contribution in [0.25, 0.3) is 0 Å². The molecule has 0 bridgehead atoms. The lowest BCUT2D eigenvalue weighted by Crippen LogP contribution is -2.34. The van der Waals surface area contributed by atoms with Crippen molar-refractivity contribution < 1.29 is 36.6 Å². The van der Waals surface area contributed by atoms with Gasteiger partial charge in [-0.2, -0.15) is 27.1 Å². The zero-order valence-corrected chi connectivity index (χ0v) is 8.13. The lowest BCUT2D eigenvalue weighted by Gasteiger charge is -2.16. The maximum absolute atomic E-state index is 12.8. The van der Waals surface area contributed by atoms with Crippen molar-refractivity contribution in [3.05, 3.63) is 11.8 Å². The highest BCUT2D eigenvalue weighted by Crippen LogP contribution is 2.43. The first-order chi connectivity index (χ1) is 7.55. The number of carboxylic acid groups (broad SMARTS) is 1. The fraction of sp³-hybridized carbons (Fsp3) is 0.429. The number of alkyl halides is 5. The Morgan fingerprint density at radius 2 is 1.94 bits per heavy atom. The van der Waals surface area contributed by atoms with Crippen molar-refractivity contribution in [3.8, 4) is 5.88 Å². The molecule has 1 heterocycles. The summed E-state index contributed by atoms with van der Waals surface area (Å²) in [6.07, 6.45) is -7.67. The van der Waals surface area contributed by atoms with E-state index in [-0.39, 0.29) is 6.07 Å².